The maximum absolute atomic E-state index is 12.5. The Morgan fingerprint density at radius 1 is 1.16 bits per heavy atom. The SMILES string of the molecule is Cc1cc(C(N)=O)ccc1CNC(=O)c1cc2ccc(Cl)cc2n1C. The van der Waals surface area contributed by atoms with Crippen molar-refractivity contribution in [1.29, 1.82) is 0 Å². The second-order valence-corrected chi connectivity index (χ2v) is 6.42. The Hall–Kier alpha value is -2.79. The van der Waals surface area contributed by atoms with E-state index in [1.54, 1.807) is 24.3 Å². The first-order valence-corrected chi connectivity index (χ1v) is 8.17. The summed E-state index contributed by atoms with van der Waals surface area (Å²) in [5, 5.41) is 4.50. The van der Waals surface area contributed by atoms with Crippen molar-refractivity contribution in [2.24, 2.45) is 12.8 Å². The van der Waals surface area contributed by atoms with Crippen LogP contribution in [0.4, 0.5) is 0 Å². The molecule has 0 aliphatic heterocycles. The summed E-state index contributed by atoms with van der Waals surface area (Å²) in [4.78, 5) is 23.7. The Morgan fingerprint density at radius 2 is 1.92 bits per heavy atom. The van der Waals surface area contributed by atoms with Crippen LogP contribution in [0.15, 0.2) is 42.5 Å². The number of rotatable bonds is 4. The minimum absolute atomic E-state index is 0.173. The first-order valence-electron chi connectivity index (χ1n) is 7.79. The fraction of sp³-hybridized carbons (Fsp3) is 0.158. The van der Waals surface area contributed by atoms with Crippen molar-refractivity contribution in [2.75, 3.05) is 0 Å². The molecule has 0 aliphatic rings. The average molecular weight is 356 g/mol. The Bertz CT molecular complexity index is 992. The van der Waals surface area contributed by atoms with Gasteiger partial charge in [-0.25, -0.2) is 0 Å². The van der Waals surface area contributed by atoms with Gasteiger partial charge in [0.15, 0.2) is 0 Å². The van der Waals surface area contributed by atoms with Gasteiger partial charge in [-0.3, -0.25) is 9.59 Å². The maximum atomic E-state index is 12.5. The number of nitrogens with zero attached hydrogens (tertiary/aromatic N) is 1. The molecule has 1 aromatic heterocycles. The number of carbonyl (C=O) groups is 2. The van der Waals surface area contributed by atoms with Gasteiger partial charge in [0.1, 0.15) is 5.69 Å². The second kappa shape index (κ2) is 6.61. The molecule has 2 aromatic carbocycles. The number of primary amides is 1. The molecule has 25 heavy (non-hydrogen) atoms. The number of aryl methyl sites for hydroxylation is 2. The first kappa shape index (κ1) is 17.0. The van der Waals surface area contributed by atoms with Crippen LogP contribution in [0.25, 0.3) is 10.9 Å². The van der Waals surface area contributed by atoms with Gasteiger partial charge in [0.25, 0.3) is 5.91 Å². The quantitative estimate of drug-likeness (QED) is 0.754. The number of hydrogen-bond acceptors (Lipinski definition) is 2. The number of nitrogens with one attached hydrogen (secondary N) is 1. The number of aromatic nitrogens is 1. The number of carbonyl (C=O) groups excluding carboxylic acids is 2. The van der Waals surface area contributed by atoms with Crippen molar-refractivity contribution in [3.8, 4) is 0 Å². The Kier molecular flexibility index (Phi) is 4.51. The monoisotopic (exact) mass is 355 g/mol. The van der Waals surface area contributed by atoms with Crippen molar-refractivity contribution in [2.45, 2.75) is 13.5 Å². The summed E-state index contributed by atoms with van der Waals surface area (Å²) in [6, 6.07) is 12.6. The highest BCUT2D eigenvalue weighted by Crippen LogP contribution is 2.22. The van der Waals surface area contributed by atoms with Crippen LogP contribution in [0.3, 0.4) is 0 Å². The van der Waals surface area contributed by atoms with Gasteiger partial charge in [-0.15, -0.1) is 0 Å². The van der Waals surface area contributed by atoms with Crippen molar-refractivity contribution < 1.29 is 9.59 Å². The molecule has 128 valence electrons. The number of benzene rings is 2. The van der Waals surface area contributed by atoms with Gasteiger partial charge in [0.2, 0.25) is 5.91 Å². The van der Waals surface area contributed by atoms with E-state index in [0.29, 0.717) is 22.8 Å². The van der Waals surface area contributed by atoms with Crippen LogP contribution >= 0.6 is 11.6 Å². The molecular formula is C19H18ClN3O2. The number of amides is 2. The summed E-state index contributed by atoms with van der Waals surface area (Å²) in [6.45, 7) is 2.25. The lowest BCUT2D eigenvalue weighted by Gasteiger charge is -2.10. The molecular weight excluding hydrogens is 338 g/mol. The van der Waals surface area contributed by atoms with Gasteiger partial charge in [-0.2, -0.15) is 0 Å². The Labute approximate surface area is 150 Å². The van der Waals surface area contributed by atoms with E-state index in [4.69, 9.17) is 17.3 Å². The van der Waals surface area contributed by atoms with Crippen molar-refractivity contribution >= 4 is 34.3 Å². The highest BCUT2D eigenvalue weighted by molar-refractivity contribution is 6.31. The van der Waals surface area contributed by atoms with Crippen molar-refractivity contribution in [1.82, 2.24) is 9.88 Å². The Morgan fingerprint density at radius 3 is 2.60 bits per heavy atom. The molecule has 0 bridgehead atoms. The summed E-state index contributed by atoms with van der Waals surface area (Å²) in [7, 11) is 1.83. The minimum atomic E-state index is -0.465. The molecule has 3 rings (SSSR count). The zero-order chi connectivity index (χ0) is 18.1. The lowest BCUT2D eigenvalue weighted by atomic mass is 10.0. The van der Waals surface area contributed by atoms with Gasteiger partial charge < -0.3 is 15.6 Å². The zero-order valence-corrected chi connectivity index (χ0v) is 14.7. The summed E-state index contributed by atoms with van der Waals surface area (Å²) < 4.78 is 1.82. The van der Waals surface area contributed by atoms with Gasteiger partial charge in [0, 0.05) is 35.1 Å². The predicted molar refractivity (Wildman–Crippen MR) is 98.8 cm³/mol. The summed E-state index contributed by atoms with van der Waals surface area (Å²) in [5.74, 6) is -0.638. The third-order valence-corrected chi connectivity index (χ3v) is 4.54. The van der Waals surface area contributed by atoms with E-state index >= 15 is 0 Å². The Balaban J connectivity index is 1.79. The lowest BCUT2D eigenvalue weighted by molar-refractivity contribution is 0.0941. The summed E-state index contributed by atoms with van der Waals surface area (Å²) >= 11 is 6.03. The molecule has 0 saturated carbocycles. The third-order valence-electron chi connectivity index (χ3n) is 4.31. The zero-order valence-electron chi connectivity index (χ0n) is 14.0. The summed E-state index contributed by atoms with van der Waals surface area (Å²) in [6.07, 6.45) is 0. The van der Waals surface area contributed by atoms with Gasteiger partial charge in [0.05, 0.1) is 0 Å². The molecule has 0 spiro atoms. The van der Waals surface area contributed by atoms with Gasteiger partial charge in [-0.1, -0.05) is 23.7 Å². The van der Waals surface area contributed by atoms with Gasteiger partial charge >= 0.3 is 0 Å². The van der Waals surface area contributed by atoms with Crippen LogP contribution in [-0.2, 0) is 13.6 Å². The fourth-order valence-electron chi connectivity index (χ4n) is 2.83. The van der Waals surface area contributed by atoms with Gasteiger partial charge in [-0.05, 0) is 48.4 Å². The largest absolute Gasteiger partial charge is 0.366 e. The minimum Gasteiger partial charge on any atom is -0.366 e. The standard InChI is InChI=1S/C19H18ClN3O2/c1-11-7-13(18(21)24)3-4-14(11)10-22-19(25)17-8-12-5-6-15(20)9-16(12)23(17)2/h3-9H,10H2,1-2H3,(H2,21,24)(H,22,25). The lowest BCUT2D eigenvalue weighted by Crippen LogP contribution is -2.25. The van der Waals surface area contributed by atoms with E-state index in [0.717, 1.165) is 22.0 Å². The molecule has 0 radical (unpaired) electrons. The molecule has 0 saturated heterocycles. The van der Waals surface area contributed by atoms with Crippen LogP contribution in [0.5, 0.6) is 0 Å². The molecule has 0 fully saturated rings. The number of hydrogen-bond donors (Lipinski definition) is 2. The summed E-state index contributed by atoms with van der Waals surface area (Å²) in [5.41, 5.74) is 9.03. The average Bonchev–Trinajstić information content (AvgIpc) is 2.90. The van der Waals surface area contributed by atoms with Crippen LogP contribution in [-0.4, -0.2) is 16.4 Å². The number of nitrogens with two attached hydrogens (primary N) is 1. The van der Waals surface area contributed by atoms with E-state index in [2.05, 4.69) is 5.32 Å². The topological polar surface area (TPSA) is 77.1 Å². The van der Waals surface area contributed by atoms with Crippen LogP contribution < -0.4 is 11.1 Å². The van der Waals surface area contributed by atoms with Crippen LogP contribution in [0.2, 0.25) is 5.02 Å². The smallest absolute Gasteiger partial charge is 0.268 e. The van der Waals surface area contributed by atoms with Crippen LogP contribution in [0, 0.1) is 6.92 Å². The highest BCUT2D eigenvalue weighted by Gasteiger charge is 2.14. The maximum Gasteiger partial charge on any atom is 0.268 e. The van der Waals surface area contributed by atoms with E-state index < -0.39 is 5.91 Å². The molecule has 3 aromatic rings. The molecule has 2 amide bonds. The molecule has 5 nitrogen and oxygen atoms in total. The molecule has 1 heterocycles. The molecule has 0 atom stereocenters. The fourth-order valence-corrected chi connectivity index (χ4v) is 3.00. The normalized spacial score (nSPS) is 10.8. The molecule has 3 N–H and O–H groups in total. The first-order chi connectivity index (χ1) is 11.9. The molecule has 0 aliphatic carbocycles. The van der Waals surface area contributed by atoms with Crippen molar-refractivity contribution in [3.05, 3.63) is 69.9 Å². The van der Waals surface area contributed by atoms with E-state index in [1.807, 2.05) is 36.7 Å². The third kappa shape index (κ3) is 3.37. The number of fused-ring (bicyclic) bond motifs is 1. The highest BCUT2D eigenvalue weighted by atomic mass is 35.5. The molecule has 6 heteroatoms. The van der Waals surface area contributed by atoms with E-state index in [-0.39, 0.29) is 5.91 Å². The van der Waals surface area contributed by atoms with Crippen molar-refractivity contribution in [3.63, 3.8) is 0 Å². The van der Waals surface area contributed by atoms with E-state index in [1.165, 1.54) is 0 Å². The van der Waals surface area contributed by atoms with E-state index in [9.17, 15) is 9.59 Å². The predicted octanol–water partition coefficient (Wildman–Crippen LogP) is 3.17. The molecule has 0 unspecified atom stereocenters. The second-order valence-electron chi connectivity index (χ2n) is 5.98. The number of halogens is 1. The van der Waals surface area contributed by atoms with Crippen LogP contribution in [0.1, 0.15) is 32.0 Å².